The fraction of sp³-hybridized carbons (Fsp3) is 0.280. The van der Waals surface area contributed by atoms with E-state index in [1.54, 1.807) is 35.6 Å². The molecule has 0 radical (unpaired) electrons. The van der Waals surface area contributed by atoms with Gasteiger partial charge in [-0.2, -0.15) is 0 Å². The third-order valence-electron chi connectivity index (χ3n) is 5.32. The smallest absolute Gasteiger partial charge is 0.338 e. The van der Waals surface area contributed by atoms with Crippen molar-refractivity contribution < 1.29 is 23.8 Å². The number of esters is 2. The van der Waals surface area contributed by atoms with E-state index >= 15 is 0 Å². The lowest BCUT2D eigenvalue weighted by molar-refractivity contribution is -0.0422. The second-order valence-corrected chi connectivity index (χ2v) is 10.3. The SMILES string of the molecule is Cc1ccc(C(=O)OC[C@H]2O[C@H](c3ccc(Br)s3)C[C@@H]2OC(=O)c2ccc(C)cc2)cc1. The minimum Gasteiger partial charge on any atom is -0.459 e. The summed E-state index contributed by atoms with van der Waals surface area (Å²) in [5.74, 6) is -0.846. The Labute approximate surface area is 199 Å². The van der Waals surface area contributed by atoms with Gasteiger partial charge < -0.3 is 14.2 Å². The van der Waals surface area contributed by atoms with Gasteiger partial charge in [-0.1, -0.05) is 35.4 Å². The number of hydrogen-bond acceptors (Lipinski definition) is 6. The van der Waals surface area contributed by atoms with E-state index in [2.05, 4.69) is 15.9 Å². The van der Waals surface area contributed by atoms with Crippen LogP contribution < -0.4 is 0 Å². The lowest BCUT2D eigenvalue weighted by atomic mass is 10.1. The van der Waals surface area contributed by atoms with Crippen LogP contribution in [-0.4, -0.2) is 30.8 Å². The normalized spacial score (nSPS) is 20.2. The van der Waals surface area contributed by atoms with Crippen molar-refractivity contribution >= 4 is 39.2 Å². The van der Waals surface area contributed by atoms with Crippen LogP contribution in [0.2, 0.25) is 0 Å². The van der Waals surface area contributed by atoms with E-state index in [0.29, 0.717) is 17.5 Å². The molecule has 0 aliphatic carbocycles. The van der Waals surface area contributed by atoms with Crippen molar-refractivity contribution in [2.45, 2.75) is 38.6 Å². The largest absolute Gasteiger partial charge is 0.459 e. The third kappa shape index (κ3) is 5.46. The average molecular weight is 515 g/mol. The third-order valence-corrected chi connectivity index (χ3v) is 7.04. The molecule has 2 heterocycles. The summed E-state index contributed by atoms with van der Waals surface area (Å²) in [4.78, 5) is 26.2. The number of carbonyl (C=O) groups excluding carboxylic acids is 2. The predicted molar refractivity (Wildman–Crippen MR) is 126 cm³/mol. The first-order valence-electron chi connectivity index (χ1n) is 10.3. The van der Waals surface area contributed by atoms with Crippen molar-refractivity contribution in [3.8, 4) is 0 Å². The van der Waals surface area contributed by atoms with Crippen LogP contribution in [0.4, 0.5) is 0 Å². The number of thiophene rings is 1. The number of benzene rings is 2. The van der Waals surface area contributed by atoms with Crippen LogP contribution in [0.5, 0.6) is 0 Å². The molecular formula is C25H23BrO5S. The van der Waals surface area contributed by atoms with Gasteiger partial charge in [0.2, 0.25) is 0 Å². The van der Waals surface area contributed by atoms with Crippen molar-refractivity contribution in [1.82, 2.24) is 0 Å². The van der Waals surface area contributed by atoms with Crippen LogP contribution in [0, 0.1) is 13.8 Å². The highest BCUT2D eigenvalue weighted by Crippen LogP contribution is 2.39. The molecule has 7 heteroatoms. The molecule has 1 aliphatic heterocycles. The summed E-state index contributed by atoms with van der Waals surface area (Å²) < 4.78 is 18.5. The van der Waals surface area contributed by atoms with E-state index in [0.717, 1.165) is 19.8 Å². The Morgan fingerprint density at radius 3 is 2.09 bits per heavy atom. The Hall–Kier alpha value is -2.48. The van der Waals surface area contributed by atoms with E-state index in [1.165, 1.54) is 0 Å². The van der Waals surface area contributed by atoms with Crippen LogP contribution in [0.15, 0.2) is 64.5 Å². The quantitative estimate of drug-likeness (QED) is 0.375. The van der Waals surface area contributed by atoms with E-state index in [1.807, 2.05) is 50.2 Å². The molecular weight excluding hydrogens is 492 g/mol. The number of aryl methyl sites for hydroxylation is 2. The Bertz CT molecular complexity index is 1090. The number of rotatable bonds is 6. The monoisotopic (exact) mass is 514 g/mol. The molecule has 3 aromatic rings. The molecule has 1 saturated heterocycles. The van der Waals surface area contributed by atoms with Gasteiger partial charge in [0.05, 0.1) is 21.0 Å². The predicted octanol–water partition coefficient (Wildman–Crippen LogP) is 6.04. The van der Waals surface area contributed by atoms with Gasteiger partial charge in [-0.25, -0.2) is 9.59 Å². The van der Waals surface area contributed by atoms with Gasteiger partial charge in [0.25, 0.3) is 0 Å². The minimum atomic E-state index is -0.551. The van der Waals surface area contributed by atoms with Gasteiger partial charge in [-0.05, 0) is 66.2 Å². The van der Waals surface area contributed by atoms with Crippen molar-refractivity contribution in [3.63, 3.8) is 0 Å². The van der Waals surface area contributed by atoms with Crippen LogP contribution in [0.1, 0.15) is 49.2 Å². The van der Waals surface area contributed by atoms with Crippen molar-refractivity contribution in [1.29, 1.82) is 0 Å². The highest BCUT2D eigenvalue weighted by Gasteiger charge is 2.40. The van der Waals surface area contributed by atoms with Crippen molar-refractivity contribution in [2.75, 3.05) is 6.61 Å². The minimum absolute atomic E-state index is 0.00159. The summed E-state index contributed by atoms with van der Waals surface area (Å²) in [6.45, 7) is 3.92. The standard InChI is InChI=1S/C25H23BrO5S/c1-15-3-7-17(8-4-15)24(27)29-14-21-19(13-20(30-21)22-11-12-23(26)32-22)31-25(28)18-9-5-16(2)6-10-18/h3-12,19-21H,13-14H2,1-2H3/t19-,20-,21+/m0/s1. The van der Waals surface area contributed by atoms with E-state index in [4.69, 9.17) is 14.2 Å². The summed E-state index contributed by atoms with van der Waals surface area (Å²) in [7, 11) is 0. The molecule has 1 fully saturated rings. The van der Waals surface area contributed by atoms with Gasteiger partial charge in [-0.15, -0.1) is 11.3 Å². The van der Waals surface area contributed by atoms with Crippen LogP contribution >= 0.6 is 27.3 Å². The fourth-order valence-electron chi connectivity index (χ4n) is 3.50. The Morgan fingerprint density at radius 1 is 0.938 bits per heavy atom. The van der Waals surface area contributed by atoms with Crippen LogP contribution in [0.3, 0.4) is 0 Å². The number of ether oxygens (including phenoxy) is 3. The molecule has 32 heavy (non-hydrogen) atoms. The summed E-state index contributed by atoms with van der Waals surface area (Å²) in [5.41, 5.74) is 3.08. The topological polar surface area (TPSA) is 61.8 Å². The molecule has 0 bridgehead atoms. The highest BCUT2D eigenvalue weighted by atomic mass is 79.9. The average Bonchev–Trinajstić information content (AvgIpc) is 3.39. The van der Waals surface area contributed by atoms with E-state index < -0.39 is 24.1 Å². The van der Waals surface area contributed by atoms with Gasteiger partial charge in [-0.3, -0.25) is 0 Å². The fourth-order valence-corrected chi connectivity index (χ4v) is 4.97. The lowest BCUT2D eigenvalue weighted by Gasteiger charge is -2.19. The molecule has 5 nitrogen and oxygen atoms in total. The Morgan fingerprint density at radius 2 is 1.53 bits per heavy atom. The van der Waals surface area contributed by atoms with Gasteiger partial charge in [0.15, 0.2) is 0 Å². The Balaban J connectivity index is 1.46. The van der Waals surface area contributed by atoms with Gasteiger partial charge >= 0.3 is 11.9 Å². The maximum atomic E-state index is 12.7. The lowest BCUT2D eigenvalue weighted by Crippen LogP contribution is -2.32. The molecule has 3 atom stereocenters. The first-order valence-corrected chi connectivity index (χ1v) is 11.9. The second-order valence-electron chi connectivity index (χ2n) is 7.82. The molecule has 4 rings (SSSR count). The molecule has 0 saturated carbocycles. The zero-order chi connectivity index (χ0) is 22.7. The molecule has 2 aromatic carbocycles. The van der Waals surface area contributed by atoms with Crippen molar-refractivity contribution in [2.24, 2.45) is 0 Å². The highest BCUT2D eigenvalue weighted by molar-refractivity contribution is 9.11. The molecule has 1 aliphatic rings. The number of halogens is 1. The molecule has 1 aromatic heterocycles. The molecule has 0 N–H and O–H groups in total. The van der Waals surface area contributed by atoms with Crippen LogP contribution in [-0.2, 0) is 14.2 Å². The zero-order valence-electron chi connectivity index (χ0n) is 17.7. The van der Waals surface area contributed by atoms with Gasteiger partial charge in [0, 0.05) is 11.3 Å². The Kier molecular flexibility index (Phi) is 7.08. The zero-order valence-corrected chi connectivity index (χ0v) is 20.1. The van der Waals surface area contributed by atoms with E-state index in [-0.39, 0.29) is 12.7 Å². The van der Waals surface area contributed by atoms with Crippen LogP contribution in [0.25, 0.3) is 0 Å². The maximum absolute atomic E-state index is 12.7. The van der Waals surface area contributed by atoms with Crippen molar-refractivity contribution in [3.05, 3.63) is 91.6 Å². The molecule has 0 spiro atoms. The summed E-state index contributed by atoms with van der Waals surface area (Å²) >= 11 is 5.05. The van der Waals surface area contributed by atoms with Gasteiger partial charge in [0.1, 0.15) is 18.8 Å². The first-order chi connectivity index (χ1) is 15.4. The first kappa shape index (κ1) is 22.7. The number of hydrogen-bond donors (Lipinski definition) is 0. The molecule has 0 unspecified atom stereocenters. The molecule has 0 amide bonds. The van der Waals surface area contributed by atoms with E-state index in [9.17, 15) is 9.59 Å². The second kappa shape index (κ2) is 9.98. The summed E-state index contributed by atoms with van der Waals surface area (Å²) in [6.07, 6.45) is -0.813. The summed E-state index contributed by atoms with van der Waals surface area (Å²) in [5, 5.41) is 0. The number of carbonyl (C=O) groups is 2. The summed E-state index contributed by atoms with van der Waals surface area (Å²) in [6, 6.07) is 18.4. The maximum Gasteiger partial charge on any atom is 0.338 e. The molecule has 166 valence electrons.